The van der Waals surface area contributed by atoms with Gasteiger partial charge in [0.25, 0.3) is 0 Å². The molecule has 1 aliphatic heterocycles. The normalized spacial score (nSPS) is 17.1. The van der Waals surface area contributed by atoms with Crippen molar-refractivity contribution in [1.29, 1.82) is 0 Å². The fourth-order valence-electron chi connectivity index (χ4n) is 3.50. The Morgan fingerprint density at radius 3 is 2.70 bits per heavy atom. The molecule has 4 rings (SSSR count). The molecule has 1 aliphatic rings. The highest BCUT2D eigenvalue weighted by atomic mass is 16.5. The van der Waals surface area contributed by atoms with E-state index < -0.39 is 0 Å². The number of hydrogen-bond acceptors (Lipinski definition) is 5. The Morgan fingerprint density at radius 2 is 1.96 bits per heavy atom. The SMILES string of the molecule is CC(=O)Nc1ccc(CN2CCC[C@H]2c2nc(-c3ccccc3)no2)cc1. The van der Waals surface area contributed by atoms with Crippen molar-refractivity contribution < 1.29 is 9.32 Å². The molecule has 0 bridgehead atoms. The predicted molar refractivity (Wildman–Crippen MR) is 103 cm³/mol. The van der Waals surface area contributed by atoms with Crippen molar-refractivity contribution in [3.8, 4) is 11.4 Å². The van der Waals surface area contributed by atoms with Crippen LogP contribution in [0.5, 0.6) is 0 Å². The van der Waals surface area contributed by atoms with E-state index >= 15 is 0 Å². The van der Waals surface area contributed by atoms with Crippen LogP contribution < -0.4 is 5.32 Å². The smallest absolute Gasteiger partial charge is 0.244 e. The summed E-state index contributed by atoms with van der Waals surface area (Å²) in [4.78, 5) is 18.1. The summed E-state index contributed by atoms with van der Waals surface area (Å²) in [6.07, 6.45) is 2.12. The Balaban J connectivity index is 1.46. The Bertz CT molecular complexity index is 905. The van der Waals surface area contributed by atoms with Crippen LogP contribution in [0.3, 0.4) is 0 Å². The minimum absolute atomic E-state index is 0.0621. The quantitative estimate of drug-likeness (QED) is 0.742. The van der Waals surface area contributed by atoms with Crippen molar-refractivity contribution in [3.63, 3.8) is 0 Å². The molecule has 1 atom stereocenters. The largest absolute Gasteiger partial charge is 0.337 e. The van der Waals surface area contributed by atoms with Crippen LogP contribution in [0.2, 0.25) is 0 Å². The third-order valence-corrected chi connectivity index (χ3v) is 4.78. The zero-order valence-electron chi connectivity index (χ0n) is 15.3. The molecule has 1 amide bonds. The fourth-order valence-corrected chi connectivity index (χ4v) is 3.50. The molecule has 0 aliphatic carbocycles. The highest BCUT2D eigenvalue weighted by Crippen LogP contribution is 2.33. The summed E-state index contributed by atoms with van der Waals surface area (Å²) in [5, 5.41) is 6.95. The number of aromatic nitrogens is 2. The molecule has 3 aromatic rings. The topological polar surface area (TPSA) is 71.3 Å². The first-order chi connectivity index (χ1) is 13.2. The van der Waals surface area contributed by atoms with Gasteiger partial charge in [-0.15, -0.1) is 0 Å². The standard InChI is InChI=1S/C21H22N4O2/c1-15(26)22-18-11-9-16(10-12-18)14-25-13-5-8-19(25)21-23-20(24-27-21)17-6-3-2-4-7-17/h2-4,6-7,9-12,19H,5,8,13-14H2,1H3,(H,22,26)/t19-/m0/s1. The van der Waals surface area contributed by atoms with Crippen LogP contribution in [0, 0.1) is 0 Å². The summed E-state index contributed by atoms with van der Waals surface area (Å²) in [6, 6.07) is 18.0. The Labute approximate surface area is 158 Å². The molecule has 6 nitrogen and oxygen atoms in total. The molecular formula is C21H22N4O2. The molecule has 138 valence electrons. The van der Waals surface area contributed by atoms with Gasteiger partial charge in [0, 0.05) is 24.7 Å². The number of carbonyl (C=O) groups is 1. The number of benzene rings is 2. The second-order valence-corrected chi connectivity index (χ2v) is 6.83. The average Bonchev–Trinajstić information content (AvgIpc) is 3.33. The first-order valence-electron chi connectivity index (χ1n) is 9.18. The average molecular weight is 362 g/mol. The van der Waals surface area contributed by atoms with Crippen molar-refractivity contribution >= 4 is 11.6 Å². The minimum Gasteiger partial charge on any atom is -0.337 e. The van der Waals surface area contributed by atoms with Crippen molar-refractivity contribution in [2.45, 2.75) is 32.4 Å². The van der Waals surface area contributed by atoms with Crippen molar-refractivity contribution in [3.05, 3.63) is 66.1 Å². The van der Waals surface area contributed by atoms with E-state index in [0.29, 0.717) is 11.7 Å². The zero-order chi connectivity index (χ0) is 18.6. The van der Waals surface area contributed by atoms with E-state index in [1.54, 1.807) is 0 Å². The van der Waals surface area contributed by atoms with Gasteiger partial charge in [-0.05, 0) is 37.1 Å². The maximum Gasteiger partial charge on any atom is 0.244 e. The molecule has 6 heteroatoms. The number of carbonyl (C=O) groups excluding carboxylic acids is 1. The summed E-state index contributed by atoms with van der Waals surface area (Å²) < 4.78 is 5.58. The van der Waals surface area contributed by atoms with Crippen LogP contribution in [0.25, 0.3) is 11.4 Å². The second kappa shape index (κ2) is 7.72. The molecule has 0 radical (unpaired) electrons. The third-order valence-electron chi connectivity index (χ3n) is 4.78. The summed E-state index contributed by atoms with van der Waals surface area (Å²) in [6.45, 7) is 3.33. The fraction of sp³-hybridized carbons (Fsp3) is 0.286. The van der Waals surface area contributed by atoms with Gasteiger partial charge < -0.3 is 9.84 Å². The van der Waals surface area contributed by atoms with E-state index in [1.807, 2.05) is 54.6 Å². The van der Waals surface area contributed by atoms with E-state index in [0.717, 1.165) is 37.2 Å². The van der Waals surface area contributed by atoms with Crippen LogP contribution in [-0.4, -0.2) is 27.5 Å². The van der Waals surface area contributed by atoms with Crippen LogP contribution in [0.15, 0.2) is 59.1 Å². The molecule has 2 aromatic carbocycles. The number of nitrogens with zero attached hydrogens (tertiary/aromatic N) is 3. The minimum atomic E-state index is -0.0621. The molecule has 0 unspecified atom stereocenters. The molecule has 27 heavy (non-hydrogen) atoms. The summed E-state index contributed by atoms with van der Waals surface area (Å²) in [7, 11) is 0. The first kappa shape index (κ1) is 17.4. The molecule has 2 heterocycles. The second-order valence-electron chi connectivity index (χ2n) is 6.83. The van der Waals surface area contributed by atoms with Gasteiger partial charge in [0.1, 0.15) is 0 Å². The number of nitrogens with one attached hydrogen (secondary N) is 1. The number of hydrogen-bond donors (Lipinski definition) is 1. The highest BCUT2D eigenvalue weighted by molar-refractivity contribution is 5.88. The highest BCUT2D eigenvalue weighted by Gasteiger charge is 2.30. The van der Waals surface area contributed by atoms with Crippen molar-refractivity contribution in [2.75, 3.05) is 11.9 Å². The van der Waals surface area contributed by atoms with Gasteiger partial charge in [0.2, 0.25) is 17.6 Å². The van der Waals surface area contributed by atoms with E-state index in [-0.39, 0.29) is 11.9 Å². The van der Waals surface area contributed by atoms with Gasteiger partial charge >= 0.3 is 0 Å². The van der Waals surface area contributed by atoms with Crippen LogP contribution in [0.1, 0.15) is 37.3 Å². The van der Waals surface area contributed by atoms with Crippen molar-refractivity contribution in [1.82, 2.24) is 15.0 Å². The molecule has 1 N–H and O–H groups in total. The summed E-state index contributed by atoms with van der Waals surface area (Å²) in [5.74, 6) is 1.26. The van der Waals surface area contributed by atoms with Crippen molar-refractivity contribution in [2.24, 2.45) is 0 Å². The Hall–Kier alpha value is -2.99. The zero-order valence-corrected chi connectivity index (χ0v) is 15.3. The number of amides is 1. The molecule has 0 spiro atoms. The maximum atomic E-state index is 11.1. The van der Waals surface area contributed by atoms with Crippen LogP contribution in [-0.2, 0) is 11.3 Å². The van der Waals surface area contributed by atoms with Gasteiger partial charge in [-0.25, -0.2) is 0 Å². The summed E-state index contributed by atoms with van der Waals surface area (Å²) >= 11 is 0. The molecule has 1 fully saturated rings. The number of rotatable bonds is 5. The summed E-state index contributed by atoms with van der Waals surface area (Å²) in [5.41, 5.74) is 2.97. The van der Waals surface area contributed by atoms with Gasteiger partial charge in [-0.1, -0.05) is 47.6 Å². The lowest BCUT2D eigenvalue weighted by Crippen LogP contribution is -2.23. The van der Waals surface area contributed by atoms with Crippen LogP contribution in [0.4, 0.5) is 5.69 Å². The maximum absolute atomic E-state index is 11.1. The van der Waals surface area contributed by atoms with Gasteiger partial charge in [-0.3, -0.25) is 9.69 Å². The predicted octanol–water partition coefficient (Wildman–Crippen LogP) is 4.03. The van der Waals surface area contributed by atoms with E-state index in [1.165, 1.54) is 12.5 Å². The molecule has 1 aromatic heterocycles. The first-order valence-corrected chi connectivity index (χ1v) is 9.18. The van der Waals surface area contributed by atoms with Crippen LogP contribution >= 0.6 is 0 Å². The van der Waals surface area contributed by atoms with Gasteiger partial charge in [-0.2, -0.15) is 4.98 Å². The lowest BCUT2D eigenvalue weighted by Gasteiger charge is -2.21. The Morgan fingerprint density at radius 1 is 1.19 bits per heavy atom. The van der Waals surface area contributed by atoms with Gasteiger partial charge in [0.05, 0.1) is 6.04 Å². The Kier molecular flexibility index (Phi) is 4.98. The van der Waals surface area contributed by atoms with E-state index in [2.05, 4.69) is 20.4 Å². The van der Waals surface area contributed by atoms with E-state index in [4.69, 9.17) is 4.52 Å². The lowest BCUT2D eigenvalue weighted by atomic mass is 10.1. The monoisotopic (exact) mass is 362 g/mol. The van der Waals surface area contributed by atoms with Gasteiger partial charge in [0.15, 0.2) is 0 Å². The molecular weight excluding hydrogens is 340 g/mol. The third kappa shape index (κ3) is 4.06. The lowest BCUT2D eigenvalue weighted by molar-refractivity contribution is -0.114. The molecule has 0 saturated carbocycles. The molecule has 1 saturated heterocycles. The number of anilines is 1. The number of likely N-dealkylation sites (tertiary alicyclic amines) is 1. The van der Waals surface area contributed by atoms with E-state index in [9.17, 15) is 4.79 Å².